The number of hydrogen-bond donors (Lipinski definition) is 2. The number of aryl methyl sites for hydroxylation is 2. The summed E-state index contributed by atoms with van der Waals surface area (Å²) in [6.45, 7) is 11.1. The van der Waals surface area contributed by atoms with Crippen molar-refractivity contribution in [3.05, 3.63) is 41.0 Å². The van der Waals surface area contributed by atoms with Crippen molar-refractivity contribution < 1.29 is 14.3 Å². The number of aromatic nitrogens is 2. The van der Waals surface area contributed by atoms with Crippen LogP contribution in [0.1, 0.15) is 35.6 Å². The minimum Gasteiger partial charge on any atom is -0.478 e. The molecule has 136 valence electrons. The smallest absolute Gasteiger partial charge is 0.338 e. The third-order valence-corrected chi connectivity index (χ3v) is 4.23. The molecule has 0 atom stereocenters. The Morgan fingerprint density at radius 3 is 2.28 bits per heavy atom. The monoisotopic (exact) mass is 348 g/mol. The third-order valence-electron chi connectivity index (χ3n) is 4.23. The topological polar surface area (TPSA) is 72.5 Å². The number of H-pyrrole nitrogens is 1. The van der Waals surface area contributed by atoms with E-state index in [1.807, 2.05) is 27.7 Å². The number of rotatable bonds is 3. The van der Waals surface area contributed by atoms with Crippen LogP contribution in [0.3, 0.4) is 0 Å². The first-order valence-corrected chi connectivity index (χ1v) is 8.51. The Bertz CT molecular complexity index is 717. The van der Waals surface area contributed by atoms with Gasteiger partial charge in [-0.1, -0.05) is 13.8 Å². The average Bonchev–Trinajstić information content (AvgIpc) is 2.96. The second-order valence-corrected chi connectivity index (χ2v) is 5.73. The van der Waals surface area contributed by atoms with E-state index in [0.717, 1.165) is 48.9 Å². The highest BCUT2D eigenvalue weighted by Gasteiger charge is 2.22. The number of aromatic carboxylic acids is 1. The molecule has 1 aromatic heterocycles. The molecule has 0 radical (unpaired) electrons. The van der Waals surface area contributed by atoms with Gasteiger partial charge in [0.2, 0.25) is 0 Å². The van der Waals surface area contributed by atoms with Gasteiger partial charge in [-0.2, -0.15) is 5.10 Å². The molecule has 1 aromatic carbocycles. The number of aromatic amines is 1. The summed E-state index contributed by atoms with van der Waals surface area (Å²) < 4.78 is 13.5. The van der Waals surface area contributed by atoms with Crippen molar-refractivity contribution in [2.45, 2.75) is 27.7 Å². The zero-order chi connectivity index (χ0) is 18.6. The molecule has 1 aliphatic rings. The normalized spacial score (nSPS) is 14.1. The molecule has 0 unspecified atom stereocenters. The maximum atomic E-state index is 13.5. The lowest BCUT2D eigenvalue weighted by Gasteiger charge is -2.37. The van der Waals surface area contributed by atoms with E-state index in [0.29, 0.717) is 0 Å². The fourth-order valence-electron chi connectivity index (χ4n) is 3.07. The summed E-state index contributed by atoms with van der Waals surface area (Å²) in [5.74, 6) is -1.95. The summed E-state index contributed by atoms with van der Waals surface area (Å²) in [6.07, 6.45) is 0. The number of anilines is 2. The highest BCUT2D eigenvalue weighted by Crippen LogP contribution is 2.26. The first-order chi connectivity index (χ1) is 12.0. The largest absolute Gasteiger partial charge is 0.478 e. The quantitative estimate of drug-likeness (QED) is 0.891. The molecule has 25 heavy (non-hydrogen) atoms. The van der Waals surface area contributed by atoms with E-state index in [-0.39, 0.29) is 5.56 Å². The molecule has 3 rings (SSSR count). The van der Waals surface area contributed by atoms with Crippen molar-refractivity contribution in [2.24, 2.45) is 0 Å². The van der Waals surface area contributed by atoms with Gasteiger partial charge in [-0.3, -0.25) is 5.10 Å². The van der Waals surface area contributed by atoms with Crippen LogP contribution in [-0.4, -0.2) is 47.5 Å². The van der Waals surface area contributed by atoms with Gasteiger partial charge >= 0.3 is 5.97 Å². The van der Waals surface area contributed by atoms with Crippen molar-refractivity contribution in [2.75, 3.05) is 36.0 Å². The maximum absolute atomic E-state index is 13.5. The van der Waals surface area contributed by atoms with E-state index < -0.39 is 11.8 Å². The maximum Gasteiger partial charge on any atom is 0.338 e. The fraction of sp³-hybridized carbons (Fsp3) is 0.444. The predicted octanol–water partition coefficient (Wildman–Crippen LogP) is 3.22. The van der Waals surface area contributed by atoms with Crippen LogP contribution >= 0.6 is 0 Å². The Morgan fingerprint density at radius 2 is 1.76 bits per heavy atom. The van der Waals surface area contributed by atoms with Crippen LogP contribution in [-0.2, 0) is 0 Å². The molecule has 7 heteroatoms. The van der Waals surface area contributed by atoms with Crippen LogP contribution in [0, 0.1) is 19.7 Å². The van der Waals surface area contributed by atoms with Crippen LogP contribution in [0.4, 0.5) is 15.8 Å². The summed E-state index contributed by atoms with van der Waals surface area (Å²) in [5, 5.41) is 16.3. The third kappa shape index (κ3) is 3.92. The summed E-state index contributed by atoms with van der Waals surface area (Å²) in [6, 6.07) is 4.25. The lowest BCUT2D eigenvalue weighted by Crippen LogP contribution is -2.47. The Balaban J connectivity index is 0.00000109. The minimum absolute atomic E-state index is 0.286. The number of nitrogens with one attached hydrogen (secondary N) is 1. The first kappa shape index (κ1) is 18.8. The highest BCUT2D eigenvalue weighted by atomic mass is 19.1. The first-order valence-electron chi connectivity index (χ1n) is 8.51. The summed E-state index contributed by atoms with van der Waals surface area (Å²) in [7, 11) is 0. The van der Waals surface area contributed by atoms with E-state index in [2.05, 4.69) is 20.0 Å². The molecule has 1 saturated heterocycles. The molecule has 0 spiro atoms. The van der Waals surface area contributed by atoms with Gasteiger partial charge in [-0.25, -0.2) is 9.18 Å². The molecule has 2 N–H and O–H groups in total. The van der Waals surface area contributed by atoms with E-state index >= 15 is 0 Å². The Labute approximate surface area is 147 Å². The Hall–Kier alpha value is -2.57. The van der Waals surface area contributed by atoms with Crippen LogP contribution in [0.25, 0.3) is 0 Å². The van der Waals surface area contributed by atoms with Crippen molar-refractivity contribution in [3.8, 4) is 0 Å². The molecule has 2 aromatic rings. The van der Waals surface area contributed by atoms with Crippen LogP contribution < -0.4 is 9.80 Å². The molecule has 6 nitrogen and oxygen atoms in total. The minimum atomic E-state index is -1.24. The number of carboxylic acid groups (broad SMARTS) is 1. The van der Waals surface area contributed by atoms with E-state index in [1.54, 1.807) is 6.07 Å². The van der Waals surface area contributed by atoms with Crippen LogP contribution in [0.15, 0.2) is 18.2 Å². The number of hydrogen-bond acceptors (Lipinski definition) is 4. The molecule has 1 fully saturated rings. The number of carbonyl (C=O) groups is 1. The molecule has 0 amide bonds. The zero-order valence-corrected chi connectivity index (χ0v) is 15.1. The number of halogens is 1. The number of benzene rings is 1. The van der Waals surface area contributed by atoms with Crippen LogP contribution in [0.5, 0.6) is 0 Å². The van der Waals surface area contributed by atoms with E-state index in [4.69, 9.17) is 5.11 Å². The number of nitrogens with zero attached hydrogens (tertiary/aromatic N) is 3. The van der Waals surface area contributed by atoms with Crippen LogP contribution in [0.2, 0.25) is 0 Å². The van der Waals surface area contributed by atoms with Gasteiger partial charge in [-0.05, 0) is 32.0 Å². The predicted molar refractivity (Wildman–Crippen MR) is 97.2 cm³/mol. The number of piperazine rings is 1. The molecule has 0 bridgehead atoms. The lowest BCUT2D eigenvalue weighted by molar-refractivity contribution is 0.0692. The standard InChI is InChI=1S/C16H19FN4O2.C2H6/c1-10-15(11(2)19-18-10)21-7-5-20(6-8-21)12-3-4-14(17)13(9-12)16(22)23;1-2/h3-4,9H,5-8H2,1-2H3,(H,18,19)(H,22,23);1-2H3. The Morgan fingerprint density at radius 1 is 1.16 bits per heavy atom. The fourth-order valence-corrected chi connectivity index (χ4v) is 3.07. The lowest BCUT2D eigenvalue weighted by atomic mass is 10.1. The van der Waals surface area contributed by atoms with Crippen molar-refractivity contribution in [1.82, 2.24) is 10.2 Å². The summed E-state index contributed by atoms with van der Waals surface area (Å²) in [5.41, 5.74) is 3.61. The molecular weight excluding hydrogens is 323 g/mol. The van der Waals surface area contributed by atoms with E-state index in [9.17, 15) is 9.18 Å². The van der Waals surface area contributed by atoms with Crippen molar-refractivity contribution >= 4 is 17.3 Å². The molecular formula is C18H25FN4O2. The second-order valence-electron chi connectivity index (χ2n) is 5.73. The molecule has 0 aliphatic carbocycles. The van der Waals surface area contributed by atoms with Gasteiger partial charge in [-0.15, -0.1) is 0 Å². The molecule has 2 heterocycles. The van der Waals surface area contributed by atoms with Gasteiger partial charge in [0.15, 0.2) is 0 Å². The summed E-state index contributed by atoms with van der Waals surface area (Å²) >= 11 is 0. The van der Waals surface area contributed by atoms with Gasteiger partial charge in [0, 0.05) is 31.9 Å². The van der Waals surface area contributed by atoms with Crippen molar-refractivity contribution in [1.29, 1.82) is 0 Å². The highest BCUT2D eigenvalue weighted by molar-refractivity contribution is 5.89. The second kappa shape index (κ2) is 8.00. The van der Waals surface area contributed by atoms with Crippen molar-refractivity contribution in [3.63, 3.8) is 0 Å². The Kier molecular flexibility index (Phi) is 6.01. The van der Waals surface area contributed by atoms with Gasteiger partial charge in [0.1, 0.15) is 5.82 Å². The van der Waals surface area contributed by atoms with Gasteiger partial charge in [0.05, 0.1) is 22.6 Å². The summed E-state index contributed by atoms with van der Waals surface area (Å²) in [4.78, 5) is 15.4. The number of carboxylic acids is 1. The SMILES string of the molecule is CC.Cc1n[nH]c(C)c1N1CCN(c2ccc(F)c(C(=O)O)c2)CC1. The molecule has 0 saturated carbocycles. The average molecular weight is 348 g/mol. The molecule has 1 aliphatic heterocycles. The van der Waals surface area contributed by atoms with E-state index in [1.165, 1.54) is 12.1 Å². The zero-order valence-electron chi connectivity index (χ0n) is 15.1. The van der Waals surface area contributed by atoms with Gasteiger partial charge in [0.25, 0.3) is 0 Å². The van der Waals surface area contributed by atoms with Gasteiger partial charge < -0.3 is 14.9 Å².